The van der Waals surface area contributed by atoms with Crippen molar-refractivity contribution in [2.45, 2.75) is 26.3 Å². The van der Waals surface area contributed by atoms with Crippen molar-refractivity contribution in [3.63, 3.8) is 0 Å². The smallest absolute Gasteiger partial charge is 0.137 e. The van der Waals surface area contributed by atoms with Crippen LogP contribution in [0.15, 0.2) is 6.07 Å². The molecule has 0 aromatic heterocycles. The van der Waals surface area contributed by atoms with Gasteiger partial charge in [-0.15, -0.1) is 0 Å². The molecular weight excluding hydrogens is 214 g/mol. The number of rotatable bonds is 3. The zero-order valence-corrected chi connectivity index (χ0v) is 9.67. The molecule has 4 heteroatoms. The summed E-state index contributed by atoms with van der Waals surface area (Å²) >= 11 is 5.90. The van der Waals surface area contributed by atoms with Crippen LogP contribution in [0.3, 0.4) is 0 Å². The van der Waals surface area contributed by atoms with Crippen LogP contribution in [0, 0.1) is 13.8 Å². The molecule has 0 saturated carbocycles. The molecule has 0 aliphatic rings. The highest BCUT2D eigenvalue weighted by molar-refractivity contribution is 6.32. The van der Waals surface area contributed by atoms with Crippen LogP contribution in [-0.4, -0.2) is 16.8 Å². The number of phenols is 1. The van der Waals surface area contributed by atoms with E-state index in [1.54, 1.807) is 6.92 Å². The lowest BCUT2D eigenvalue weighted by Crippen LogP contribution is -2.13. The minimum absolute atomic E-state index is 0.0308. The van der Waals surface area contributed by atoms with Crippen molar-refractivity contribution in [1.29, 1.82) is 0 Å². The summed E-state index contributed by atoms with van der Waals surface area (Å²) in [6.45, 7) is 3.62. The first-order valence-corrected chi connectivity index (χ1v) is 5.21. The van der Waals surface area contributed by atoms with Crippen molar-refractivity contribution in [2.75, 3.05) is 6.61 Å². The fourth-order valence-electron chi connectivity index (χ4n) is 1.57. The Morgan fingerprint density at radius 3 is 2.60 bits per heavy atom. The Hall–Kier alpha value is -0.770. The summed E-state index contributed by atoms with van der Waals surface area (Å²) in [4.78, 5) is 0. The van der Waals surface area contributed by atoms with Gasteiger partial charge in [-0.2, -0.15) is 0 Å². The summed E-state index contributed by atoms with van der Waals surface area (Å²) in [5.41, 5.74) is 8.20. The zero-order valence-electron chi connectivity index (χ0n) is 8.92. The van der Waals surface area contributed by atoms with Crippen LogP contribution in [0.5, 0.6) is 5.75 Å². The van der Waals surface area contributed by atoms with E-state index in [1.807, 2.05) is 13.0 Å². The molecule has 0 bridgehead atoms. The van der Waals surface area contributed by atoms with Crippen LogP contribution in [0.1, 0.15) is 29.2 Å². The van der Waals surface area contributed by atoms with Crippen molar-refractivity contribution < 1.29 is 10.2 Å². The van der Waals surface area contributed by atoms with Gasteiger partial charge in [-0.3, -0.25) is 0 Å². The molecule has 3 nitrogen and oxygen atoms in total. The number of hydrogen-bond donors (Lipinski definition) is 3. The number of aromatic hydroxyl groups is 1. The van der Waals surface area contributed by atoms with Crippen LogP contribution in [0.2, 0.25) is 5.02 Å². The molecule has 1 aromatic rings. The third-order valence-corrected chi connectivity index (χ3v) is 3.03. The Kier molecular flexibility index (Phi) is 3.97. The highest BCUT2D eigenvalue weighted by Crippen LogP contribution is 2.35. The molecule has 0 aliphatic carbocycles. The number of phenolic OH excluding ortho intramolecular Hbond substituents is 1. The molecule has 0 saturated heterocycles. The van der Waals surface area contributed by atoms with Gasteiger partial charge >= 0.3 is 0 Å². The fraction of sp³-hybridized carbons (Fsp3) is 0.455. The predicted molar refractivity (Wildman–Crippen MR) is 61.2 cm³/mol. The molecular formula is C11H16ClNO2. The third-order valence-electron chi connectivity index (χ3n) is 2.55. The topological polar surface area (TPSA) is 66.5 Å². The molecule has 0 amide bonds. The number of nitrogens with two attached hydrogens (primary N) is 1. The van der Waals surface area contributed by atoms with Crippen molar-refractivity contribution in [1.82, 2.24) is 0 Å². The lowest BCUT2D eigenvalue weighted by molar-refractivity contribution is 0.276. The number of aliphatic hydroxyl groups is 1. The second-order valence-electron chi connectivity index (χ2n) is 3.69. The second kappa shape index (κ2) is 4.84. The SMILES string of the molecule is Cc1cc(C(N)CCO)c(C)c(O)c1Cl. The summed E-state index contributed by atoms with van der Waals surface area (Å²) in [5, 5.41) is 18.9. The summed E-state index contributed by atoms with van der Waals surface area (Å²) in [5.74, 6) is 0.0834. The standard InChI is InChI=1S/C11H16ClNO2/c1-6-5-8(9(13)3-4-14)7(2)11(15)10(6)12/h5,9,14-15H,3-4,13H2,1-2H3. The van der Waals surface area contributed by atoms with Crippen molar-refractivity contribution >= 4 is 11.6 Å². The van der Waals surface area contributed by atoms with Crippen LogP contribution >= 0.6 is 11.6 Å². The van der Waals surface area contributed by atoms with Gasteiger partial charge in [0.2, 0.25) is 0 Å². The van der Waals surface area contributed by atoms with E-state index in [0.717, 1.165) is 11.1 Å². The van der Waals surface area contributed by atoms with Crippen LogP contribution in [0.4, 0.5) is 0 Å². The van der Waals surface area contributed by atoms with Crippen molar-refractivity contribution in [2.24, 2.45) is 5.73 Å². The Balaban J connectivity index is 3.19. The Morgan fingerprint density at radius 1 is 1.47 bits per heavy atom. The highest BCUT2D eigenvalue weighted by atomic mass is 35.5. The molecule has 0 radical (unpaired) electrons. The molecule has 1 rings (SSSR count). The van der Waals surface area contributed by atoms with E-state index in [9.17, 15) is 5.11 Å². The summed E-state index contributed by atoms with van der Waals surface area (Å²) in [6, 6.07) is 1.59. The first-order chi connectivity index (χ1) is 6.99. The van der Waals surface area contributed by atoms with Crippen molar-refractivity contribution in [3.05, 3.63) is 27.8 Å². The maximum atomic E-state index is 9.74. The van der Waals surface area contributed by atoms with Gasteiger partial charge in [-0.1, -0.05) is 17.7 Å². The first kappa shape index (κ1) is 12.3. The Labute approximate surface area is 94.5 Å². The molecule has 0 fully saturated rings. The quantitative estimate of drug-likeness (QED) is 0.743. The predicted octanol–water partition coefficient (Wildman–Crippen LogP) is 2.04. The van der Waals surface area contributed by atoms with Gasteiger partial charge in [0.25, 0.3) is 0 Å². The van der Waals surface area contributed by atoms with Crippen LogP contribution in [0.25, 0.3) is 0 Å². The minimum Gasteiger partial charge on any atom is -0.506 e. The number of hydrogen-bond acceptors (Lipinski definition) is 3. The number of aryl methyl sites for hydroxylation is 1. The van der Waals surface area contributed by atoms with E-state index in [0.29, 0.717) is 17.0 Å². The second-order valence-corrected chi connectivity index (χ2v) is 4.07. The first-order valence-electron chi connectivity index (χ1n) is 4.84. The van der Waals surface area contributed by atoms with Crippen LogP contribution in [-0.2, 0) is 0 Å². The maximum Gasteiger partial charge on any atom is 0.137 e. The van der Waals surface area contributed by atoms with Gasteiger partial charge in [0, 0.05) is 12.6 Å². The minimum atomic E-state index is -0.267. The average Bonchev–Trinajstić information content (AvgIpc) is 2.20. The van der Waals surface area contributed by atoms with Gasteiger partial charge in [-0.25, -0.2) is 0 Å². The highest BCUT2D eigenvalue weighted by Gasteiger charge is 2.15. The molecule has 84 valence electrons. The van der Waals surface area contributed by atoms with Gasteiger partial charge in [0.1, 0.15) is 5.75 Å². The third kappa shape index (κ3) is 2.43. The van der Waals surface area contributed by atoms with E-state index >= 15 is 0 Å². The summed E-state index contributed by atoms with van der Waals surface area (Å²) in [7, 11) is 0. The van der Waals surface area contributed by atoms with E-state index in [-0.39, 0.29) is 18.4 Å². The number of benzene rings is 1. The normalized spacial score (nSPS) is 12.9. The van der Waals surface area contributed by atoms with Gasteiger partial charge < -0.3 is 15.9 Å². The van der Waals surface area contributed by atoms with Gasteiger partial charge in [0.05, 0.1) is 5.02 Å². The zero-order chi connectivity index (χ0) is 11.6. The monoisotopic (exact) mass is 229 g/mol. The molecule has 4 N–H and O–H groups in total. The number of aliphatic hydroxyl groups excluding tert-OH is 1. The van der Waals surface area contributed by atoms with E-state index < -0.39 is 0 Å². The molecule has 15 heavy (non-hydrogen) atoms. The van der Waals surface area contributed by atoms with Crippen molar-refractivity contribution in [3.8, 4) is 5.75 Å². The summed E-state index contributed by atoms with van der Waals surface area (Å²) < 4.78 is 0. The fourth-order valence-corrected chi connectivity index (χ4v) is 1.77. The molecule has 1 atom stereocenters. The summed E-state index contributed by atoms with van der Waals surface area (Å²) in [6.07, 6.45) is 0.474. The van der Waals surface area contributed by atoms with E-state index in [1.165, 1.54) is 0 Å². The van der Waals surface area contributed by atoms with Gasteiger partial charge in [-0.05, 0) is 37.0 Å². The molecule has 0 aliphatic heterocycles. The lowest BCUT2D eigenvalue weighted by atomic mass is 9.96. The van der Waals surface area contributed by atoms with E-state index in [4.69, 9.17) is 22.4 Å². The lowest BCUT2D eigenvalue weighted by Gasteiger charge is -2.16. The van der Waals surface area contributed by atoms with E-state index in [2.05, 4.69) is 0 Å². The average molecular weight is 230 g/mol. The largest absolute Gasteiger partial charge is 0.506 e. The molecule has 0 spiro atoms. The number of halogens is 1. The molecule has 0 heterocycles. The molecule has 1 aromatic carbocycles. The Bertz CT molecular complexity index is 366. The molecule has 1 unspecified atom stereocenters. The Morgan fingerprint density at radius 2 is 2.07 bits per heavy atom. The van der Waals surface area contributed by atoms with Gasteiger partial charge in [0.15, 0.2) is 0 Å². The van der Waals surface area contributed by atoms with Crippen LogP contribution < -0.4 is 5.73 Å². The maximum absolute atomic E-state index is 9.74.